The number of carbonyl (C=O) groups excluding carboxylic acids is 1. The van der Waals surface area contributed by atoms with E-state index in [-0.39, 0.29) is 103 Å². The van der Waals surface area contributed by atoms with Crippen molar-refractivity contribution in [1.29, 1.82) is 0 Å². The molecule has 0 aliphatic carbocycles. The molecule has 21 heteroatoms. The predicted octanol–water partition coefficient (Wildman–Crippen LogP) is 13.0. The van der Waals surface area contributed by atoms with Crippen LogP contribution in [0.5, 0.6) is 0 Å². The van der Waals surface area contributed by atoms with E-state index in [1.165, 1.54) is 14.2 Å². The molecule has 0 radical (unpaired) electrons. The van der Waals surface area contributed by atoms with Gasteiger partial charge in [-0.05, 0) is 116 Å². The Balaban J connectivity index is 1.03. The average Bonchev–Trinajstić information content (AvgIpc) is 2.06. The summed E-state index contributed by atoms with van der Waals surface area (Å²) in [5.41, 5.74) is 2.09. The SMILES string of the molecule is C=C1CC(CCC23C[C@@H](OC)C(O2)[C@H]2CC(O3)C(O[Si](CC)(CC)CC)C(CCC=O)O2)OC1CCC1CC(C)C(=C)C(CC2OC3CC(O[Si](CC)(CC)CC)C(CCO[Si](CC)(CC)CC)OC3[C@H](C)C2OC(O)CP(=O)(OC)OC)O1. The Labute approximate surface area is 509 Å². The highest BCUT2D eigenvalue weighted by Crippen LogP contribution is 2.51. The molecule has 0 saturated carbocycles. The van der Waals surface area contributed by atoms with Gasteiger partial charge in [-0.1, -0.05) is 89.3 Å². The van der Waals surface area contributed by atoms with Crippen molar-refractivity contribution >= 4 is 38.8 Å². The summed E-state index contributed by atoms with van der Waals surface area (Å²) in [6.07, 6.45) is 3.41. The van der Waals surface area contributed by atoms with Crippen molar-refractivity contribution in [2.45, 2.75) is 324 Å². The summed E-state index contributed by atoms with van der Waals surface area (Å²) in [7, 11) is -5.26. The van der Waals surface area contributed by atoms with E-state index >= 15 is 0 Å². The summed E-state index contributed by atoms with van der Waals surface area (Å²) in [4.78, 5) is 11.7. The maximum absolute atomic E-state index is 13.4. The average molecular weight is 1260 g/mol. The van der Waals surface area contributed by atoms with Gasteiger partial charge in [0.2, 0.25) is 0 Å². The standard InChI is InChI=1S/C63H115O17PSi3/c1-17-82(18-2,19-3)70-34-31-49-52(79-83(20-4,21-5)22-6)38-54-59(75-49)45(13)60(76-58(65)41-81(66,68-15)69-16)53(74-54)37-51-44(12)42(10)35-46(72-51)28-29-48-43(11)36-47(71-48)30-32-63-40-57(67-14)61(78-63)55-39-56(77-63)62(50(73-55)27-26-33-64)80-84(23-7,24-8)25-9/h33,42,45-62,65H,11-12,17-32,34-41H2,1-10,13-16H3/t42?,45-,46?,47?,48?,49?,50?,51?,52?,53?,54?,55+,56?,57+,58?,59?,60?,61?,62?,63?/m0/s1. The molecular formula is C63H115O17PSi3. The van der Waals surface area contributed by atoms with Crippen LogP contribution in [0.4, 0.5) is 0 Å². The van der Waals surface area contributed by atoms with E-state index in [2.05, 4.69) is 89.3 Å². The molecule has 17 unspecified atom stereocenters. The molecule has 7 rings (SSSR count). The van der Waals surface area contributed by atoms with Crippen LogP contribution >= 0.6 is 7.60 Å². The maximum atomic E-state index is 13.4. The molecule has 17 nitrogen and oxygen atoms in total. The van der Waals surface area contributed by atoms with Gasteiger partial charge in [-0.25, -0.2) is 0 Å². The number of carbonyl (C=O) groups is 1. The minimum atomic E-state index is -3.64. The monoisotopic (exact) mass is 1260 g/mol. The van der Waals surface area contributed by atoms with Gasteiger partial charge in [-0.3, -0.25) is 4.57 Å². The maximum Gasteiger partial charge on any atom is 0.335 e. The molecule has 0 aromatic rings. The van der Waals surface area contributed by atoms with E-state index < -0.39 is 56.8 Å². The van der Waals surface area contributed by atoms with E-state index in [1.54, 1.807) is 7.11 Å². The number of ether oxygens (including phenoxy) is 9. The van der Waals surface area contributed by atoms with Gasteiger partial charge in [-0.15, -0.1) is 0 Å². The van der Waals surface area contributed by atoms with Crippen molar-refractivity contribution in [2.24, 2.45) is 11.8 Å². The molecule has 0 amide bonds. The van der Waals surface area contributed by atoms with E-state index in [1.807, 2.05) is 0 Å². The zero-order chi connectivity index (χ0) is 61.2. The van der Waals surface area contributed by atoms with Crippen LogP contribution in [0.3, 0.4) is 0 Å². The van der Waals surface area contributed by atoms with E-state index in [0.29, 0.717) is 58.0 Å². The van der Waals surface area contributed by atoms with Gasteiger partial charge in [0.25, 0.3) is 0 Å². The molecule has 7 aliphatic rings. The minimum Gasteiger partial charge on any atom is -0.417 e. The van der Waals surface area contributed by atoms with Gasteiger partial charge in [0.15, 0.2) is 37.0 Å². The van der Waals surface area contributed by atoms with Crippen LogP contribution < -0.4 is 0 Å². The number of methoxy groups -OCH3 is 1. The van der Waals surface area contributed by atoms with Gasteiger partial charge in [0, 0.05) is 72.4 Å². The molecule has 7 aliphatic heterocycles. The van der Waals surface area contributed by atoms with Crippen LogP contribution in [0.1, 0.15) is 160 Å². The zero-order valence-corrected chi connectivity index (χ0v) is 58.3. The fourth-order valence-corrected chi connectivity index (χ4v) is 24.7. The molecule has 0 aromatic heterocycles. The van der Waals surface area contributed by atoms with E-state index in [4.69, 9.17) is 65.0 Å². The second-order valence-corrected chi connectivity index (χ2v) is 42.5. The van der Waals surface area contributed by atoms with Crippen molar-refractivity contribution in [2.75, 3.05) is 34.1 Å². The fourth-order valence-electron chi connectivity index (χ4n) is 15.4. The molecule has 7 saturated heterocycles. The Kier molecular flexibility index (Phi) is 26.7. The third-order valence-electron chi connectivity index (χ3n) is 21.7. The van der Waals surface area contributed by atoms with Crippen molar-refractivity contribution < 1.29 is 79.4 Å². The minimum absolute atomic E-state index is 0.0518. The summed E-state index contributed by atoms with van der Waals surface area (Å²) in [6.45, 7) is 34.5. The first kappa shape index (κ1) is 70.9. The fraction of sp³-hybridized carbons (Fsp3) is 0.921. The lowest BCUT2D eigenvalue weighted by Crippen LogP contribution is -2.63. The normalized spacial score (nSPS) is 37.1. The summed E-state index contributed by atoms with van der Waals surface area (Å²) >= 11 is 0. The number of hydrogen-bond acceptors (Lipinski definition) is 17. The lowest BCUT2D eigenvalue weighted by molar-refractivity contribution is -0.291. The van der Waals surface area contributed by atoms with Crippen LogP contribution in [-0.2, 0) is 74.3 Å². The lowest BCUT2D eigenvalue weighted by atomic mass is 9.79. The molecular weight excluding hydrogens is 1140 g/mol. The highest BCUT2D eigenvalue weighted by Gasteiger charge is 2.60. The van der Waals surface area contributed by atoms with Crippen LogP contribution in [0.15, 0.2) is 24.3 Å². The molecule has 0 aromatic carbocycles. The van der Waals surface area contributed by atoms with Crippen LogP contribution in [0.2, 0.25) is 54.4 Å². The Hall–Kier alpha value is -0.569. The molecule has 0 spiro atoms. The van der Waals surface area contributed by atoms with Gasteiger partial charge in [-0.2, -0.15) is 0 Å². The number of fused-ring (bicyclic) bond motifs is 6. The lowest BCUT2D eigenvalue weighted by Gasteiger charge is -2.53. The van der Waals surface area contributed by atoms with Crippen molar-refractivity contribution in [1.82, 2.24) is 0 Å². The Bertz CT molecular complexity index is 2080. The third-order valence-corrected chi connectivity index (χ3v) is 37.6. The Morgan fingerprint density at radius 3 is 1.89 bits per heavy atom. The molecule has 7 heterocycles. The van der Waals surface area contributed by atoms with Gasteiger partial charge < -0.3 is 74.9 Å². The Morgan fingerprint density at radius 2 is 1.27 bits per heavy atom. The van der Waals surface area contributed by atoms with Crippen molar-refractivity contribution in [3.63, 3.8) is 0 Å². The highest BCUT2D eigenvalue weighted by molar-refractivity contribution is 7.53. The largest absolute Gasteiger partial charge is 0.417 e. The summed E-state index contributed by atoms with van der Waals surface area (Å²) < 4.78 is 107. The smallest absolute Gasteiger partial charge is 0.335 e. The molecule has 1 N–H and O–H groups in total. The number of rotatable bonds is 35. The molecule has 486 valence electrons. The number of aliphatic hydroxyl groups is 1. The molecule has 7 fully saturated rings. The molecule has 84 heavy (non-hydrogen) atoms. The highest BCUT2D eigenvalue weighted by atomic mass is 31.2. The van der Waals surface area contributed by atoms with Crippen LogP contribution in [0, 0.1) is 11.8 Å². The topological polar surface area (TPSA) is 184 Å². The van der Waals surface area contributed by atoms with Gasteiger partial charge >= 0.3 is 7.60 Å². The number of aldehydes is 1. The second kappa shape index (κ2) is 31.6. The first-order chi connectivity index (χ1) is 40.2. The first-order valence-electron chi connectivity index (χ1n) is 33.2. The van der Waals surface area contributed by atoms with Gasteiger partial charge in [0.1, 0.15) is 18.6 Å². The molecule has 4 bridgehead atoms. The Morgan fingerprint density at radius 1 is 0.655 bits per heavy atom. The third kappa shape index (κ3) is 16.5. The van der Waals surface area contributed by atoms with E-state index in [0.717, 1.165) is 104 Å². The van der Waals surface area contributed by atoms with Crippen molar-refractivity contribution in [3.8, 4) is 0 Å². The molecule has 20 atom stereocenters. The van der Waals surface area contributed by atoms with E-state index in [9.17, 15) is 14.5 Å². The summed E-state index contributed by atoms with van der Waals surface area (Å²) in [5.74, 6) is -0.944. The quantitative estimate of drug-likeness (QED) is 0.0208. The zero-order valence-electron chi connectivity index (χ0n) is 54.4. The summed E-state index contributed by atoms with van der Waals surface area (Å²) in [5, 5.41) is 11.6. The number of aliphatic hydroxyl groups excluding tert-OH is 1. The van der Waals surface area contributed by atoms with Crippen LogP contribution in [0.25, 0.3) is 0 Å². The first-order valence-corrected chi connectivity index (χ1v) is 42.5. The number of hydrogen-bond donors (Lipinski definition) is 1. The van der Waals surface area contributed by atoms with Crippen molar-refractivity contribution in [3.05, 3.63) is 24.3 Å². The predicted molar refractivity (Wildman–Crippen MR) is 334 cm³/mol. The van der Waals surface area contributed by atoms with Crippen LogP contribution in [-0.4, -0.2) is 180 Å². The summed E-state index contributed by atoms with van der Waals surface area (Å²) in [6, 6.07) is 9.33. The second-order valence-electron chi connectivity index (χ2n) is 26.0. The van der Waals surface area contributed by atoms with Gasteiger partial charge in [0.05, 0.1) is 91.6 Å².